The fourth-order valence-electron chi connectivity index (χ4n) is 2.80. The summed E-state index contributed by atoms with van der Waals surface area (Å²) in [5, 5.41) is 2.76. The van der Waals surface area contributed by atoms with Crippen molar-refractivity contribution in [2.75, 3.05) is 6.26 Å². The van der Waals surface area contributed by atoms with E-state index in [0.29, 0.717) is 5.69 Å². The van der Waals surface area contributed by atoms with Gasteiger partial charge in [0.1, 0.15) is 5.56 Å². The average Bonchev–Trinajstić information content (AvgIpc) is 2.68. The predicted octanol–water partition coefficient (Wildman–Crippen LogP) is 2.94. The third kappa shape index (κ3) is 4.37. The highest BCUT2D eigenvalue weighted by Gasteiger charge is 2.16. The lowest BCUT2D eigenvalue weighted by Crippen LogP contribution is -2.31. The molecular weight excluding hydrogens is 376 g/mol. The van der Waals surface area contributed by atoms with Crippen LogP contribution < -0.4 is 10.9 Å². The van der Waals surface area contributed by atoms with E-state index in [0.717, 1.165) is 17.4 Å². The van der Waals surface area contributed by atoms with Crippen LogP contribution >= 0.6 is 0 Å². The minimum Gasteiger partial charge on any atom is -0.345 e. The van der Waals surface area contributed by atoms with Gasteiger partial charge in [-0.05, 0) is 42.3 Å². The topological polar surface area (TPSA) is 96.1 Å². The second-order valence-corrected chi connectivity index (χ2v) is 8.53. The number of aromatic nitrogens is 1. The first kappa shape index (κ1) is 19.6. The predicted molar refractivity (Wildman–Crippen MR) is 108 cm³/mol. The Balaban J connectivity index is 1.76. The highest BCUT2D eigenvalue weighted by molar-refractivity contribution is 7.90. The second kappa shape index (κ2) is 7.82. The summed E-state index contributed by atoms with van der Waals surface area (Å²) in [7, 11) is -3.28. The van der Waals surface area contributed by atoms with Crippen molar-refractivity contribution in [3.63, 3.8) is 0 Å². The number of sulfone groups is 1. The van der Waals surface area contributed by atoms with Gasteiger partial charge >= 0.3 is 0 Å². The van der Waals surface area contributed by atoms with Crippen LogP contribution in [-0.2, 0) is 9.84 Å². The largest absolute Gasteiger partial charge is 0.345 e. The quantitative estimate of drug-likeness (QED) is 0.693. The summed E-state index contributed by atoms with van der Waals surface area (Å²) in [4.78, 5) is 27.8. The average molecular weight is 396 g/mol. The van der Waals surface area contributed by atoms with Crippen LogP contribution in [0.25, 0.3) is 11.3 Å². The van der Waals surface area contributed by atoms with Crippen LogP contribution in [0.15, 0.2) is 76.4 Å². The summed E-state index contributed by atoms with van der Waals surface area (Å²) in [6, 6.07) is 18.4. The maximum Gasteiger partial charge on any atom is 0.261 e. The Hall–Kier alpha value is -3.19. The Morgan fingerprint density at radius 1 is 0.964 bits per heavy atom. The molecule has 0 radical (unpaired) electrons. The Morgan fingerprint density at radius 2 is 1.61 bits per heavy atom. The summed E-state index contributed by atoms with van der Waals surface area (Å²) in [5.41, 5.74) is 1.76. The van der Waals surface area contributed by atoms with Crippen LogP contribution in [-0.4, -0.2) is 25.6 Å². The van der Waals surface area contributed by atoms with Crippen molar-refractivity contribution in [1.29, 1.82) is 0 Å². The standard InChI is InChI=1S/C21H20N2O4S/c1-14(15-8-10-17(11-9-15)28(2,26)27)22-20(24)18-12-13-19(23-21(18)25)16-6-4-3-5-7-16/h3-14H,1-2H3,(H,22,24)(H,23,25). The van der Waals surface area contributed by atoms with Gasteiger partial charge in [-0.25, -0.2) is 8.42 Å². The van der Waals surface area contributed by atoms with E-state index in [2.05, 4.69) is 10.3 Å². The minimum atomic E-state index is -3.28. The first-order chi connectivity index (χ1) is 13.3. The van der Waals surface area contributed by atoms with Crippen LogP contribution in [0.3, 0.4) is 0 Å². The number of amides is 1. The SMILES string of the molecule is CC(NC(=O)c1ccc(-c2ccccc2)[nH]c1=O)c1ccc(S(C)(=O)=O)cc1. The van der Waals surface area contributed by atoms with Gasteiger partial charge in [-0.3, -0.25) is 9.59 Å². The van der Waals surface area contributed by atoms with Gasteiger partial charge < -0.3 is 10.3 Å². The molecule has 1 unspecified atom stereocenters. The van der Waals surface area contributed by atoms with E-state index in [1.54, 1.807) is 25.1 Å². The van der Waals surface area contributed by atoms with Crippen molar-refractivity contribution >= 4 is 15.7 Å². The molecule has 0 aliphatic carbocycles. The Morgan fingerprint density at radius 3 is 2.18 bits per heavy atom. The lowest BCUT2D eigenvalue weighted by molar-refractivity contribution is 0.0938. The molecule has 0 fully saturated rings. The molecule has 1 heterocycles. The monoisotopic (exact) mass is 396 g/mol. The summed E-state index contributed by atoms with van der Waals surface area (Å²) < 4.78 is 23.1. The fraction of sp³-hybridized carbons (Fsp3) is 0.143. The molecule has 2 aromatic carbocycles. The normalized spacial score (nSPS) is 12.4. The van der Waals surface area contributed by atoms with Crippen LogP contribution in [0.5, 0.6) is 0 Å². The molecule has 0 aliphatic rings. The Labute approximate surface area is 163 Å². The van der Waals surface area contributed by atoms with Gasteiger partial charge in [0.2, 0.25) is 0 Å². The van der Waals surface area contributed by atoms with Gasteiger partial charge in [-0.2, -0.15) is 0 Å². The number of nitrogens with one attached hydrogen (secondary N) is 2. The van der Waals surface area contributed by atoms with Gasteiger partial charge in [0.25, 0.3) is 11.5 Å². The van der Waals surface area contributed by atoms with E-state index in [1.165, 1.54) is 18.2 Å². The zero-order chi connectivity index (χ0) is 20.3. The van der Waals surface area contributed by atoms with E-state index >= 15 is 0 Å². The first-order valence-corrected chi connectivity index (χ1v) is 10.5. The molecule has 3 rings (SSSR count). The van der Waals surface area contributed by atoms with Crippen LogP contribution in [0.2, 0.25) is 0 Å². The number of rotatable bonds is 5. The van der Waals surface area contributed by atoms with E-state index in [-0.39, 0.29) is 10.5 Å². The van der Waals surface area contributed by atoms with Crippen LogP contribution in [0.1, 0.15) is 28.9 Å². The molecule has 7 heteroatoms. The molecular formula is C21H20N2O4S. The molecule has 28 heavy (non-hydrogen) atoms. The number of hydrogen-bond acceptors (Lipinski definition) is 4. The molecule has 3 aromatic rings. The number of aromatic amines is 1. The summed E-state index contributed by atoms with van der Waals surface area (Å²) in [6.07, 6.45) is 1.14. The highest BCUT2D eigenvalue weighted by Crippen LogP contribution is 2.17. The van der Waals surface area contributed by atoms with Crippen molar-refractivity contribution in [2.45, 2.75) is 17.9 Å². The number of H-pyrrole nitrogens is 1. The molecule has 0 saturated carbocycles. The zero-order valence-corrected chi connectivity index (χ0v) is 16.3. The summed E-state index contributed by atoms with van der Waals surface area (Å²) >= 11 is 0. The molecule has 6 nitrogen and oxygen atoms in total. The maximum atomic E-state index is 12.5. The second-order valence-electron chi connectivity index (χ2n) is 6.52. The number of pyridine rings is 1. The lowest BCUT2D eigenvalue weighted by atomic mass is 10.1. The molecule has 1 amide bonds. The molecule has 1 atom stereocenters. The van der Waals surface area contributed by atoms with Gasteiger partial charge in [0.15, 0.2) is 9.84 Å². The third-order valence-corrected chi connectivity index (χ3v) is 5.52. The van der Waals surface area contributed by atoms with Crippen LogP contribution in [0, 0.1) is 0 Å². The van der Waals surface area contributed by atoms with Crippen molar-refractivity contribution in [3.05, 3.63) is 88.2 Å². The molecule has 0 bridgehead atoms. The van der Waals surface area contributed by atoms with Gasteiger partial charge in [0.05, 0.1) is 10.9 Å². The van der Waals surface area contributed by atoms with Crippen molar-refractivity contribution in [3.8, 4) is 11.3 Å². The first-order valence-electron chi connectivity index (χ1n) is 8.65. The molecule has 144 valence electrons. The van der Waals surface area contributed by atoms with E-state index in [4.69, 9.17) is 0 Å². The number of benzene rings is 2. The summed E-state index contributed by atoms with van der Waals surface area (Å²) in [5.74, 6) is -0.499. The fourth-order valence-corrected chi connectivity index (χ4v) is 3.43. The molecule has 2 N–H and O–H groups in total. The Bertz CT molecular complexity index is 1150. The number of carbonyl (C=O) groups is 1. The summed E-state index contributed by atoms with van der Waals surface area (Å²) in [6.45, 7) is 1.76. The molecule has 0 spiro atoms. The smallest absolute Gasteiger partial charge is 0.261 e. The van der Waals surface area contributed by atoms with Crippen molar-refractivity contribution in [2.24, 2.45) is 0 Å². The molecule has 0 saturated heterocycles. The minimum absolute atomic E-state index is 0.0132. The van der Waals surface area contributed by atoms with Crippen LogP contribution in [0.4, 0.5) is 0 Å². The molecule has 1 aromatic heterocycles. The van der Waals surface area contributed by atoms with Gasteiger partial charge in [-0.1, -0.05) is 42.5 Å². The molecule has 0 aliphatic heterocycles. The Kier molecular flexibility index (Phi) is 5.46. The number of carbonyl (C=O) groups excluding carboxylic acids is 1. The zero-order valence-electron chi connectivity index (χ0n) is 15.5. The maximum absolute atomic E-state index is 12.5. The highest BCUT2D eigenvalue weighted by atomic mass is 32.2. The third-order valence-electron chi connectivity index (χ3n) is 4.39. The number of hydrogen-bond donors (Lipinski definition) is 2. The van der Waals surface area contributed by atoms with Gasteiger partial charge in [0, 0.05) is 11.9 Å². The van der Waals surface area contributed by atoms with Crippen molar-refractivity contribution in [1.82, 2.24) is 10.3 Å². The van der Waals surface area contributed by atoms with Crippen molar-refractivity contribution < 1.29 is 13.2 Å². The van der Waals surface area contributed by atoms with E-state index < -0.39 is 27.3 Å². The van der Waals surface area contributed by atoms with E-state index in [1.807, 2.05) is 30.3 Å². The van der Waals surface area contributed by atoms with E-state index in [9.17, 15) is 18.0 Å². The lowest BCUT2D eigenvalue weighted by Gasteiger charge is -2.14. The van der Waals surface area contributed by atoms with Gasteiger partial charge in [-0.15, -0.1) is 0 Å².